The maximum absolute atomic E-state index is 12.8. The van der Waals surface area contributed by atoms with Gasteiger partial charge in [0.1, 0.15) is 5.75 Å². The van der Waals surface area contributed by atoms with Crippen LogP contribution in [0, 0.1) is 0 Å². The summed E-state index contributed by atoms with van der Waals surface area (Å²) in [5, 5.41) is 8.06. The fourth-order valence-electron chi connectivity index (χ4n) is 3.67. The average Bonchev–Trinajstić information content (AvgIpc) is 3.13. The van der Waals surface area contributed by atoms with E-state index in [-0.39, 0.29) is 12.5 Å². The van der Waals surface area contributed by atoms with Crippen LogP contribution in [0.5, 0.6) is 5.75 Å². The zero-order valence-electron chi connectivity index (χ0n) is 18.6. The van der Waals surface area contributed by atoms with E-state index in [9.17, 15) is 9.59 Å². The lowest BCUT2D eigenvalue weighted by molar-refractivity contribution is 0.0494. The predicted octanol–water partition coefficient (Wildman–Crippen LogP) is 3.44. The first-order chi connectivity index (χ1) is 15.5. The third-order valence-electron chi connectivity index (χ3n) is 5.24. The summed E-state index contributed by atoms with van der Waals surface area (Å²) in [5.74, 6) is -0.0425. The van der Waals surface area contributed by atoms with Gasteiger partial charge in [-0.15, -0.1) is 0 Å². The number of nitrogens with zero attached hydrogens (tertiary/aromatic N) is 2. The first kappa shape index (κ1) is 24.1. The first-order valence-electron chi connectivity index (χ1n) is 11.0. The summed E-state index contributed by atoms with van der Waals surface area (Å²) in [6.07, 6.45) is 3.56. The van der Waals surface area contributed by atoms with Gasteiger partial charge in [-0.05, 0) is 43.9 Å². The van der Waals surface area contributed by atoms with E-state index in [0.29, 0.717) is 67.5 Å². The molecule has 174 valence electrons. The number of aromatic nitrogens is 2. The number of nitrogens with one attached hydrogen (secondary N) is 1. The molecule has 8 nitrogen and oxygen atoms in total. The van der Waals surface area contributed by atoms with Gasteiger partial charge in [0.25, 0.3) is 5.91 Å². The zero-order chi connectivity index (χ0) is 22.9. The molecule has 1 aliphatic rings. The molecule has 1 aromatic heterocycles. The second-order valence-corrected chi connectivity index (χ2v) is 7.98. The van der Waals surface area contributed by atoms with Gasteiger partial charge in [-0.1, -0.05) is 18.5 Å². The van der Waals surface area contributed by atoms with E-state index < -0.39 is 5.97 Å². The molecule has 0 fully saturated rings. The summed E-state index contributed by atoms with van der Waals surface area (Å²) >= 11 is 6.03. The highest BCUT2D eigenvalue weighted by atomic mass is 35.5. The maximum atomic E-state index is 12.8. The number of carbonyl (C=O) groups is 2. The van der Waals surface area contributed by atoms with Gasteiger partial charge in [0, 0.05) is 37.7 Å². The molecule has 1 N–H and O–H groups in total. The van der Waals surface area contributed by atoms with Crippen LogP contribution in [0.15, 0.2) is 18.2 Å². The van der Waals surface area contributed by atoms with E-state index in [1.807, 2.05) is 11.6 Å². The number of halogens is 1. The van der Waals surface area contributed by atoms with Gasteiger partial charge in [0.15, 0.2) is 0 Å². The van der Waals surface area contributed by atoms with Crippen molar-refractivity contribution in [1.29, 1.82) is 0 Å². The molecule has 9 heteroatoms. The van der Waals surface area contributed by atoms with Crippen LogP contribution >= 0.6 is 11.6 Å². The molecule has 1 aromatic carbocycles. The number of fused-ring (bicyclic) bond motifs is 1. The van der Waals surface area contributed by atoms with Crippen LogP contribution in [0.4, 0.5) is 0 Å². The quantitative estimate of drug-likeness (QED) is 0.499. The minimum Gasteiger partial charge on any atom is -0.497 e. The molecular weight excluding hydrogens is 434 g/mol. The summed E-state index contributed by atoms with van der Waals surface area (Å²) in [5.41, 5.74) is 2.72. The lowest BCUT2D eigenvalue weighted by atomic mass is 10.1. The van der Waals surface area contributed by atoms with E-state index in [0.717, 1.165) is 24.2 Å². The van der Waals surface area contributed by atoms with Crippen molar-refractivity contribution in [3.05, 3.63) is 45.7 Å². The summed E-state index contributed by atoms with van der Waals surface area (Å²) in [7, 11) is 1.51. The summed E-state index contributed by atoms with van der Waals surface area (Å²) in [6.45, 7) is 4.64. The number of benzene rings is 1. The van der Waals surface area contributed by atoms with Gasteiger partial charge in [-0.3, -0.25) is 9.48 Å². The number of carbonyl (C=O) groups excluding carboxylic acids is 2. The fraction of sp³-hybridized carbons (Fsp3) is 0.522. The second-order valence-electron chi connectivity index (χ2n) is 7.54. The lowest BCUT2D eigenvalue weighted by Gasteiger charge is -2.10. The van der Waals surface area contributed by atoms with Crippen molar-refractivity contribution in [1.82, 2.24) is 15.1 Å². The maximum Gasteiger partial charge on any atom is 0.338 e. The molecule has 2 heterocycles. The lowest BCUT2D eigenvalue weighted by Crippen LogP contribution is -2.26. The van der Waals surface area contributed by atoms with Crippen molar-refractivity contribution in [2.24, 2.45) is 0 Å². The van der Waals surface area contributed by atoms with E-state index >= 15 is 0 Å². The zero-order valence-corrected chi connectivity index (χ0v) is 19.4. The average molecular weight is 464 g/mol. The Morgan fingerprint density at radius 2 is 2.09 bits per heavy atom. The monoisotopic (exact) mass is 463 g/mol. The van der Waals surface area contributed by atoms with Crippen LogP contribution in [-0.4, -0.2) is 55.1 Å². The Kier molecular flexibility index (Phi) is 8.93. The van der Waals surface area contributed by atoms with Gasteiger partial charge < -0.3 is 19.5 Å². The first-order valence-corrected chi connectivity index (χ1v) is 11.4. The predicted molar refractivity (Wildman–Crippen MR) is 121 cm³/mol. The largest absolute Gasteiger partial charge is 0.497 e. The van der Waals surface area contributed by atoms with Crippen molar-refractivity contribution in [3.63, 3.8) is 0 Å². The van der Waals surface area contributed by atoms with Crippen LogP contribution in [0.1, 0.15) is 58.3 Å². The normalized spacial score (nSPS) is 14.8. The van der Waals surface area contributed by atoms with Gasteiger partial charge in [-0.2, -0.15) is 5.10 Å². The molecule has 32 heavy (non-hydrogen) atoms. The fourth-order valence-corrected chi connectivity index (χ4v) is 3.89. The molecule has 1 aliphatic heterocycles. The number of methoxy groups -OCH3 is 1. The van der Waals surface area contributed by atoms with Gasteiger partial charge in [0.05, 0.1) is 36.2 Å². The number of rotatable bonds is 7. The van der Waals surface area contributed by atoms with Crippen molar-refractivity contribution >= 4 is 23.5 Å². The minimum atomic E-state index is -0.462. The van der Waals surface area contributed by atoms with Crippen molar-refractivity contribution in [3.8, 4) is 5.75 Å². The topological polar surface area (TPSA) is 91.7 Å². The highest BCUT2D eigenvalue weighted by molar-refractivity contribution is 6.31. The Hall–Kier alpha value is -2.58. The van der Waals surface area contributed by atoms with Gasteiger partial charge in [-0.25, -0.2) is 4.79 Å². The minimum absolute atomic E-state index is 0.0775. The highest BCUT2D eigenvalue weighted by Crippen LogP contribution is 2.22. The Labute approximate surface area is 193 Å². The second kappa shape index (κ2) is 11.9. The van der Waals surface area contributed by atoms with Gasteiger partial charge >= 0.3 is 5.97 Å². The molecule has 0 aliphatic carbocycles. The third-order valence-corrected chi connectivity index (χ3v) is 5.45. The molecule has 3 rings (SSSR count). The molecule has 2 aromatic rings. The molecule has 0 saturated carbocycles. The summed E-state index contributed by atoms with van der Waals surface area (Å²) in [4.78, 5) is 25.2. The Morgan fingerprint density at radius 3 is 2.88 bits per heavy atom. The molecule has 0 spiro atoms. The number of esters is 1. The Morgan fingerprint density at radius 1 is 1.28 bits per heavy atom. The summed E-state index contributed by atoms with van der Waals surface area (Å²) in [6, 6.07) is 4.76. The van der Waals surface area contributed by atoms with E-state index in [2.05, 4.69) is 10.4 Å². The third kappa shape index (κ3) is 6.23. The summed E-state index contributed by atoms with van der Waals surface area (Å²) < 4.78 is 18.0. The number of amides is 1. The van der Waals surface area contributed by atoms with E-state index in [1.54, 1.807) is 18.2 Å². The SMILES string of the molecule is CCc1nn(CCCOC(=O)c2cc(Cl)cc(OC)c2)c2c1C(=O)NCCCOCCC2. The van der Waals surface area contributed by atoms with Crippen molar-refractivity contribution < 1.29 is 23.8 Å². The highest BCUT2D eigenvalue weighted by Gasteiger charge is 2.23. The van der Waals surface area contributed by atoms with Crippen molar-refractivity contribution in [2.45, 2.75) is 45.6 Å². The van der Waals surface area contributed by atoms with E-state index in [4.69, 9.17) is 25.8 Å². The molecular formula is C23H30ClN3O5. The van der Waals surface area contributed by atoms with Crippen LogP contribution < -0.4 is 10.1 Å². The molecule has 0 saturated heterocycles. The smallest absolute Gasteiger partial charge is 0.338 e. The molecule has 0 radical (unpaired) electrons. The Balaban J connectivity index is 1.65. The molecule has 0 bridgehead atoms. The Bertz CT molecular complexity index is 944. The number of ether oxygens (including phenoxy) is 3. The van der Waals surface area contributed by atoms with Gasteiger partial charge in [0.2, 0.25) is 0 Å². The van der Waals surface area contributed by atoms with Crippen LogP contribution in [0.25, 0.3) is 0 Å². The molecule has 1 amide bonds. The number of aryl methyl sites for hydroxylation is 2. The van der Waals surface area contributed by atoms with Crippen LogP contribution in [0.3, 0.4) is 0 Å². The van der Waals surface area contributed by atoms with Crippen LogP contribution in [0.2, 0.25) is 5.02 Å². The number of hydrogen-bond donors (Lipinski definition) is 1. The van der Waals surface area contributed by atoms with Crippen LogP contribution in [-0.2, 0) is 28.9 Å². The molecule has 0 unspecified atom stereocenters. The molecule has 0 atom stereocenters. The standard InChI is InChI=1S/C23H30ClN3O5/c1-3-19-21-20(7-4-10-31-11-5-8-25-22(21)28)27(26-19)9-6-12-32-23(29)16-13-17(24)15-18(14-16)30-2/h13-15H,3-12H2,1-2H3,(H,25,28). The number of hydrogen-bond acceptors (Lipinski definition) is 6. The van der Waals surface area contributed by atoms with Crippen molar-refractivity contribution in [2.75, 3.05) is 33.5 Å². The van der Waals surface area contributed by atoms with E-state index in [1.165, 1.54) is 7.11 Å².